The average molecular weight is 275 g/mol. The number of morpholine rings is 1. The molecule has 0 spiro atoms. The van der Waals surface area contributed by atoms with Crippen LogP contribution in [0.2, 0.25) is 0 Å². The lowest BCUT2D eigenvalue weighted by atomic mass is 10.2. The van der Waals surface area contributed by atoms with Gasteiger partial charge >= 0.3 is 0 Å². The lowest BCUT2D eigenvalue weighted by molar-refractivity contribution is -0.136. The van der Waals surface area contributed by atoms with Crippen LogP contribution in [0.3, 0.4) is 0 Å². The molecule has 1 aliphatic heterocycles. The van der Waals surface area contributed by atoms with Crippen molar-refractivity contribution in [3.8, 4) is 0 Å². The zero-order valence-corrected chi connectivity index (χ0v) is 11.5. The normalized spacial score (nSPS) is 17.3. The van der Waals surface area contributed by atoms with Crippen LogP contribution in [-0.2, 0) is 14.3 Å². The number of carbonyl (C=O) groups excluding carboxylic acids is 2. The molecular weight excluding hydrogens is 254 g/mol. The minimum absolute atomic E-state index is 0.0196. The summed E-state index contributed by atoms with van der Waals surface area (Å²) in [5.41, 5.74) is 5.70. The van der Waals surface area contributed by atoms with Crippen LogP contribution in [0.25, 0.3) is 0 Å². The fraction of sp³-hybridized carbons (Fsp3) is 0.818. The summed E-state index contributed by atoms with van der Waals surface area (Å²) in [4.78, 5) is 25.0. The van der Waals surface area contributed by atoms with E-state index in [2.05, 4.69) is 5.32 Å². The molecule has 18 heavy (non-hydrogen) atoms. The standard InChI is InChI=1S/C11H21N3O3S/c1-18-7-2-9(12)11(16)13-8-10(15)14-3-5-17-6-4-14/h9H,2-8,12H2,1H3,(H,13,16)/t9-/m1/s1. The van der Waals surface area contributed by atoms with Gasteiger partial charge in [0.15, 0.2) is 0 Å². The molecule has 0 aromatic heterocycles. The molecule has 0 radical (unpaired) electrons. The molecule has 2 amide bonds. The van der Waals surface area contributed by atoms with E-state index in [-0.39, 0.29) is 18.4 Å². The second-order valence-corrected chi connectivity index (χ2v) is 5.08. The highest BCUT2D eigenvalue weighted by molar-refractivity contribution is 7.98. The Morgan fingerprint density at radius 2 is 2.11 bits per heavy atom. The van der Waals surface area contributed by atoms with Crippen molar-refractivity contribution >= 4 is 23.6 Å². The summed E-state index contributed by atoms with van der Waals surface area (Å²) in [5.74, 6) is 0.501. The first-order valence-electron chi connectivity index (χ1n) is 6.03. The van der Waals surface area contributed by atoms with E-state index in [4.69, 9.17) is 10.5 Å². The maximum absolute atomic E-state index is 11.7. The highest BCUT2D eigenvalue weighted by Gasteiger charge is 2.19. The second-order valence-electron chi connectivity index (χ2n) is 4.10. The van der Waals surface area contributed by atoms with Gasteiger partial charge in [0.1, 0.15) is 0 Å². The molecule has 0 saturated carbocycles. The molecule has 0 unspecified atom stereocenters. The lowest BCUT2D eigenvalue weighted by Crippen LogP contribution is -2.48. The predicted octanol–water partition coefficient (Wildman–Crippen LogP) is -0.958. The first kappa shape index (κ1) is 15.3. The van der Waals surface area contributed by atoms with E-state index in [0.717, 1.165) is 5.75 Å². The predicted molar refractivity (Wildman–Crippen MR) is 71.4 cm³/mol. The molecule has 1 atom stereocenters. The van der Waals surface area contributed by atoms with Gasteiger partial charge < -0.3 is 20.7 Å². The Balaban J connectivity index is 2.22. The molecule has 1 heterocycles. The van der Waals surface area contributed by atoms with Crippen LogP contribution in [-0.4, -0.2) is 67.6 Å². The maximum Gasteiger partial charge on any atom is 0.242 e. The highest BCUT2D eigenvalue weighted by Crippen LogP contribution is 1.99. The summed E-state index contributed by atoms with van der Waals surface area (Å²) in [6.07, 6.45) is 2.59. The maximum atomic E-state index is 11.7. The van der Waals surface area contributed by atoms with Gasteiger partial charge in [0.2, 0.25) is 11.8 Å². The van der Waals surface area contributed by atoms with Crippen molar-refractivity contribution in [3.05, 3.63) is 0 Å². The van der Waals surface area contributed by atoms with Crippen molar-refractivity contribution in [1.82, 2.24) is 10.2 Å². The SMILES string of the molecule is CSCC[C@@H](N)C(=O)NCC(=O)N1CCOCC1. The third-order valence-electron chi connectivity index (χ3n) is 2.75. The Kier molecular flexibility index (Phi) is 7.07. The molecule has 6 nitrogen and oxygen atoms in total. The second kappa shape index (κ2) is 8.34. The van der Waals surface area contributed by atoms with Crippen molar-refractivity contribution in [2.75, 3.05) is 44.9 Å². The molecule has 104 valence electrons. The average Bonchev–Trinajstić information content (AvgIpc) is 2.42. The molecule has 1 saturated heterocycles. The Morgan fingerprint density at radius 3 is 2.72 bits per heavy atom. The minimum atomic E-state index is -0.532. The Labute approximate surface area is 112 Å². The van der Waals surface area contributed by atoms with E-state index in [1.54, 1.807) is 16.7 Å². The molecule has 1 fully saturated rings. The van der Waals surface area contributed by atoms with Crippen LogP contribution in [0.5, 0.6) is 0 Å². The van der Waals surface area contributed by atoms with Gasteiger partial charge in [-0.05, 0) is 18.4 Å². The van der Waals surface area contributed by atoms with E-state index in [0.29, 0.717) is 32.7 Å². The van der Waals surface area contributed by atoms with Gasteiger partial charge in [-0.3, -0.25) is 9.59 Å². The lowest BCUT2D eigenvalue weighted by Gasteiger charge is -2.27. The Bertz CT molecular complexity index is 283. The number of rotatable bonds is 6. The molecule has 0 bridgehead atoms. The van der Waals surface area contributed by atoms with E-state index < -0.39 is 6.04 Å². The molecule has 1 aliphatic rings. The summed E-state index contributed by atoms with van der Waals surface area (Å²) >= 11 is 1.65. The van der Waals surface area contributed by atoms with E-state index in [1.165, 1.54) is 0 Å². The summed E-state index contributed by atoms with van der Waals surface area (Å²) in [6, 6.07) is -0.532. The monoisotopic (exact) mass is 275 g/mol. The van der Waals surface area contributed by atoms with E-state index >= 15 is 0 Å². The fourth-order valence-electron chi connectivity index (χ4n) is 1.59. The number of amides is 2. The van der Waals surface area contributed by atoms with Crippen LogP contribution in [0.15, 0.2) is 0 Å². The minimum Gasteiger partial charge on any atom is -0.378 e. The summed E-state index contributed by atoms with van der Waals surface area (Å²) in [6.45, 7) is 2.33. The summed E-state index contributed by atoms with van der Waals surface area (Å²) in [5, 5.41) is 2.58. The number of hydrogen-bond acceptors (Lipinski definition) is 5. The number of carbonyl (C=O) groups is 2. The van der Waals surface area contributed by atoms with Crippen LogP contribution in [0.1, 0.15) is 6.42 Å². The third kappa shape index (κ3) is 5.24. The fourth-order valence-corrected chi connectivity index (χ4v) is 2.08. The van der Waals surface area contributed by atoms with Crippen molar-refractivity contribution in [3.63, 3.8) is 0 Å². The quantitative estimate of drug-likeness (QED) is 0.652. The van der Waals surface area contributed by atoms with Crippen LogP contribution < -0.4 is 11.1 Å². The van der Waals surface area contributed by atoms with Gasteiger partial charge in [0.25, 0.3) is 0 Å². The largest absolute Gasteiger partial charge is 0.378 e. The van der Waals surface area contributed by atoms with Gasteiger partial charge in [-0.15, -0.1) is 0 Å². The molecule has 1 rings (SSSR count). The van der Waals surface area contributed by atoms with E-state index in [9.17, 15) is 9.59 Å². The summed E-state index contributed by atoms with van der Waals surface area (Å²) in [7, 11) is 0. The third-order valence-corrected chi connectivity index (χ3v) is 3.39. The van der Waals surface area contributed by atoms with Crippen LogP contribution in [0, 0.1) is 0 Å². The summed E-state index contributed by atoms with van der Waals surface area (Å²) < 4.78 is 5.15. The number of hydrogen-bond donors (Lipinski definition) is 2. The smallest absolute Gasteiger partial charge is 0.242 e. The van der Waals surface area contributed by atoms with Gasteiger partial charge in [0.05, 0.1) is 25.8 Å². The van der Waals surface area contributed by atoms with Gasteiger partial charge in [-0.25, -0.2) is 0 Å². The Hall–Kier alpha value is -0.790. The zero-order valence-electron chi connectivity index (χ0n) is 10.7. The number of nitrogens with one attached hydrogen (secondary N) is 1. The molecular formula is C11H21N3O3S. The molecule has 0 aliphatic carbocycles. The van der Waals surface area contributed by atoms with Crippen LogP contribution >= 0.6 is 11.8 Å². The number of nitrogens with two attached hydrogens (primary N) is 1. The van der Waals surface area contributed by atoms with E-state index in [1.807, 2.05) is 6.26 Å². The van der Waals surface area contributed by atoms with Gasteiger partial charge in [0, 0.05) is 13.1 Å². The molecule has 0 aromatic rings. The number of nitrogens with zero attached hydrogens (tertiary/aromatic N) is 1. The molecule has 0 aromatic carbocycles. The number of thioether (sulfide) groups is 1. The van der Waals surface area contributed by atoms with Gasteiger partial charge in [-0.2, -0.15) is 11.8 Å². The van der Waals surface area contributed by atoms with Crippen LogP contribution in [0.4, 0.5) is 0 Å². The number of ether oxygens (including phenoxy) is 1. The van der Waals surface area contributed by atoms with Crippen molar-refractivity contribution in [1.29, 1.82) is 0 Å². The van der Waals surface area contributed by atoms with Crippen molar-refractivity contribution < 1.29 is 14.3 Å². The van der Waals surface area contributed by atoms with Crippen molar-refractivity contribution in [2.24, 2.45) is 5.73 Å². The highest BCUT2D eigenvalue weighted by atomic mass is 32.2. The van der Waals surface area contributed by atoms with Crippen molar-refractivity contribution in [2.45, 2.75) is 12.5 Å². The first-order valence-corrected chi connectivity index (χ1v) is 7.42. The topological polar surface area (TPSA) is 84.7 Å². The zero-order chi connectivity index (χ0) is 13.4. The first-order chi connectivity index (χ1) is 8.65. The molecule has 3 N–H and O–H groups in total. The van der Waals surface area contributed by atoms with Gasteiger partial charge in [-0.1, -0.05) is 0 Å². The molecule has 7 heteroatoms. The Morgan fingerprint density at radius 1 is 1.44 bits per heavy atom.